The second-order valence-corrected chi connectivity index (χ2v) is 8.28. The van der Waals surface area contributed by atoms with E-state index in [-0.39, 0.29) is 17.8 Å². The molecule has 0 aromatic heterocycles. The van der Waals surface area contributed by atoms with Gasteiger partial charge in [-0.3, -0.25) is 9.69 Å². The van der Waals surface area contributed by atoms with Gasteiger partial charge in [-0.05, 0) is 48.2 Å². The Kier molecular flexibility index (Phi) is 7.20. The highest BCUT2D eigenvalue weighted by molar-refractivity contribution is 5.80. The Morgan fingerprint density at radius 3 is 2.70 bits per heavy atom. The second kappa shape index (κ2) is 10.5. The summed E-state index contributed by atoms with van der Waals surface area (Å²) in [6.07, 6.45) is 1.87. The molecule has 2 atom stereocenters. The van der Waals surface area contributed by atoms with Crippen molar-refractivity contribution in [2.24, 2.45) is 0 Å². The number of rotatable bonds is 8. The molecule has 33 heavy (non-hydrogen) atoms. The van der Waals surface area contributed by atoms with E-state index in [4.69, 9.17) is 4.74 Å². The average molecular weight is 445 g/mol. The van der Waals surface area contributed by atoms with Crippen LogP contribution in [0, 0.1) is 5.82 Å². The van der Waals surface area contributed by atoms with Crippen LogP contribution in [0.4, 0.5) is 4.39 Å². The van der Waals surface area contributed by atoms with Gasteiger partial charge in [-0.2, -0.15) is 0 Å². The lowest BCUT2D eigenvalue weighted by Crippen LogP contribution is -2.37. The average Bonchev–Trinajstić information content (AvgIpc) is 2.84. The predicted octanol–water partition coefficient (Wildman–Crippen LogP) is 5.04. The quantitative estimate of drug-likeness (QED) is 0.495. The minimum Gasteiger partial charge on any atom is -0.481 e. The second-order valence-electron chi connectivity index (χ2n) is 8.28. The summed E-state index contributed by atoms with van der Waals surface area (Å²) < 4.78 is 20.4. The Bertz CT molecular complexity index is 1120. The number of hydrogen-bond donors (Lipinski definition) is 1. The Morgan fingerprint density at radius 1 is 1.18 bits per heavy atom. The molecule has 4 nitrogen and oxygen atoms in total. The van der Waals surface area contributed by atoms with Crippen molar-refractivity contribution in [3.05, 3.63) is 114 Å². The van der Waals surface area contributed by atoms with Gasteiger partial charge in [-0.15, -0.1) is 6.58 Å². The van der Waals surface area contributed by atoms with Crippen LogP contribution in [0.25, 0.3) is 0 Å². The molecule has 1 N–H and O–H groups in total. The van der Waals surface area contributed by atoms with Crippen LogP contribution in [0.2, 0.25) is 0 Å². The Hall–Kier alpha value is -3.44. The largest absolute Gasteiger partial charge is 0.481 e. The topological polar surface area (TPSA) is 41.6 Å². The molecule has 1 aliphatic rings. The van der Waals surface area contributed by atoms with E-state index in [0.29, 0.717) is 24.4 Å². The third kappa shape index (κ3) is 5.32. The summed E-state index contributed by atoms with van der Waals surface area (Å²) >= 11 is 0. The van der Waals surface area contributed by atoms with Crippen molar-refractivity contribution < 1.29 is 13.9 Å². The Labute approximate surface area is 194 Å². The van der Waals surface area contributed by atoms with E-state index in [0.717, 1.165) is 24.1 Å². The maximum atomic E-state index is 14.5. The molecular weight excluding hydrogens is 415 g/mol. The lowest BCUT2D eigenvalue weighted by atomic mass is 9.87. The van der Waals surface area contributed by atoms with Crippen molar-refractivity contribution in [1.82, 2.24) is 10.2 Å². The monoisotopic (exact) mass is 444 g/mol. The molecule has 0 spiro atoms. The van der Waals surface area contributed by atoms with Gasteiger partial charge in [0.15, 0.2) is 6.10 Å². The van der Waals surface area contributed by atoms with Crippen molar-refractivity contribution in [1.29, 1.82) is 0 Å². The minimum atomic E-state index is -0.628. The first kappa shape index (κ1) is 22.7. The number of carbonyl (C=O) groups is 1. The molecule has 0 bridgehead atoms. The first-order chi connectivity index (χ1) is 16.1. The van der Waals surface area contributed by atoms with Crippen LogP contribution in [0.5, 0.6) is 5.75 Å². The molecule has 3 aromatic carbocycles. The normalized spacial score (nSPS) is 16.5. The van der Waals surface area contributed by atoms with Gasteiger partial charge in [0.25, 0.3) is 5.91 Å². The zero-order chi connectivity index (χ0) is 23.2. The van der Waals surface area contributed by atoms with Crippen LogP contribution in [-0.2, 0) is 17.8 Å². The van der Waals surface area contributed by atoms with E-state index in [2.05, 4.69) is 35.0 Å². The highest BCUT2D eigenvalue weighted by Crippen LogP contribution is 2.38. The standard InChI is InChI=1S/C28H29FN2O2/c1-3-16-30-28(32)20(2)33-24-14-13-21-15-17-31(19-23-11-7-8-12-26(23)29)27(25(21)18-24)22-9-5-4-6-10-22/h3-14,18,20,27H,1,15-17,19H2,2H3,(H,30,32). The van der Waals surface area contributed by atoms with Crippen molar-refractivity contribution in [2.45, 2.75) is 32.0 Å². The van der Waals surface area contributed by atoms with Crippen LogP contribution < -0.4 is 10.1 Å². The van der Waals surface area contributed by atoms with E-state index in [1.54, 1.807) is 19.1 Å². The van der Waals surface area contributed by atoms with Crippen LogP contribution in [0.3, 0.4) is 0 Å². The van der Waals surface area contributed by atoms with E-state index in [1.165, 1.54) is 11.6 Å². The number of nitrogens with zero attached hydrogens (tertiary/aromatic N) is 1. The number of ether oxygens (including phenoxy) is 1. The van der Waals surface area contributed by atoms with E-state index in [1.807, 2.05) is 42.5 Å². The van der Waals surface area contributed by atoms with Crippen LogP contribution in [0.1, 0.15) is 35.2 Å². The van der Waals surface area contributed by atoms with Gasteiger partial charge in [-0.25, -0.2) is 4.39 Å². The number of carbonyl (C=O) groups excluding carboxylic acids is 1. The highest BCUT2D eigenvalue weighted by Gasteiger charge is 2.30. The molecule has 0 radical (unpaired) electrons. The van der Waals surface area contributed by atoms with Gasteiger partial charge in [-0.1, -0.05) is 60.7 Å². The summed E-state index contributed by atoms with van der Waals surface area (Å²) in [6.45, 7) is 7.09. The molecule has 4 rings (SSSR count). The van der Waals surface area contributed by atoms with Gasteiger partial charge < -0.3 is 10.1 Å². The Balaban J connectivity index is 1.65. The number of halogens is 1. The fourth-order valence-electron chi connectivity index (χ4n) is 4.33. The first-order valence-corrected chi connectivity index (χ1v) is 11.3. The lowest BCUT2D eigenvalue weighted by Gasteiger charge is -2.38. The third-order valence-electron chi connectivity index (χ3n) is 5.99. The SMILES string of the molecule is C=CCNC(=O)C(C)Oc1ccc2c(c1)C(c1ccccc1)N(Cc1ccccc1F)CC2. The van der Waals surface area contributed by atoms with Crippen molar-refractivity contribution >= 4 is 5.91 Å². The number of hydrogen-bond acceptors (Lipinski definition) is 3. The summed E-state index contributed by atoms with van der Waals surface area (Å²) in [7, 11) is 0. The summed E-state index contributed by atoms with van der Waals surface area (Å²) in [4.78, 5) is 14.5. The van der Waals surface area contributed by atoms with E-state index < -0.39 is 6.10 Å². The van der Waals surface area contributed by atoms with Crippen LogP contribution >= 0.6 is 0 Å². The molecule has 3 aromatic rings. The highest BCUT2D eigenvalue weighted by atomic mass is 19.1. The zero-order valence-corrected chi connectivity index (χ0v) is 18.8. The van der Waals surface area contributed by atoms with Crippen molar-refractivity contribution in [2.75, 3.05) is 13.1 Å². The maximum absolute atomic E-state index is 14.5. The third-order valence-corrected chi connectivity index (χ3v) is 5.99. The van der Waals surface area contributed by atoms with Gasteiger partial charge in [0.2, 0.25) is 0 Å². The molecule has 1 amide bonds. The molecule has 170 valence electrons. The maximum Gasteiger partial charge on any atom is 0.261 e. The van der Waals surface area contributed by atoms with Gasteiger partial charge in [0.1, 0.15) is 11.6 Å². The summed E-state index contributed by atoms with van der Waals surface area (Å²) in [5.74, 6) is 0.267. The Morgan fingerprint density at radius 2 is 1.94 bits per heavy atom. The molecular formula is C28H29FN2O2. The van der Waals surface area contributed by atoms with Crippen molar-refractivity contribution in [3.8, 4) is 5.75 Å². The zero-order valence-electron chi connectivity index (χ0n) is 18.8. The van der Waals surface area contributed by atoms with Gasteiger partial charge in [0, 0.05) is 25.2 Å². The molecule has 1 aliphatic heterocycles. The summed E-state index contributed by atoms with van der Waals surface area (Å²) in [5.41, 5.74) is 4.19. The molecule has 0 aliphatic carbocycles. The van der Waals surface area contributed by atoms with E-state index >= 15 is 0 Å². The van der Waals surface area contributed by atoms with Gasteiger partial charge >= 0.3 is 0 Å². The molecule has 0 fully saturated rings. The lowest BCUT2D eigenvalue weighted by molar-refractivity contribution is -0.127. The molecule has 5 heteroatoms. The fourth-order valence-corrected chi connectivity index (χ4v) is 4.33. The summed E-state index contributed by atoms with van der Waals surface area (Å²) in [5, 5.41) is 2.76. The van der Waals surface area contributed by atoms with Crippen LogP contribution in [0.15, 0.2) is 85.5 Å². The number of benzene rings is 3. The molecule has 1 heterocycles. The number of fused-ring (bicyclic) bond motifs is 1. The number of amides is 1. The van der Waals surface area contributed by atoms with Gasteiger partial charge in [0.05, 0.1) is 6.04 Å². The minimum absolute atomic E-state index is 0.0389. The molecule has 0 saturated heterocycles. The van der Waals surface area contributed by atoms with Crippen LogP contribution in [-0.4, -0.2) is 30.0 Å². The fraction of sp³-hybridized carbons (Fsp3) is 0.250. The van der Waals surface area contributed by atoms with E-state index in [9.17, 15) is 9.18 Å². The predicted molar refractivity (Wildman–Crippen MR) is 129 cm³/mol. The molecule has 2 unspecified atom stereocenters. The smallest absolute Gasteiger partial charge is 0.261 e. The van der Waals surface area contributed by atoms with Crippen molar-refractivity contribution in [3.63, 3.8) is 0 Å². The number of nitrogens with one attached hydrogen (secondary N) is 1. The molecule has 0 saturated carbocycles. The first-order valence-electron chi connectivity index (χ1n) is 11.3. The summed E-state index contributed by atoms with van der Waals surface area (Å²) in [6, 6.07) is 23.2.